The first-order chi connectivity index (χ1) is 7.66. The van der Waals surface area contributed by atoms with Crippen LogP contribution in [-0.4, -0.2) is 5.78 Å². The fraction of sp³-hybridized carbons (Fsp3) is 0.154. The number of aryl methyl sites for hydroxylation is 1. The van der Waals surface area contributed by atoms with Crippen molar-refractivity contribution in [1.82, 2.24) is 0 Å². The van der Waals surface area contributed by atoms with Gasteiger partial charge >= 0.3 is 0 Å². The molecule has 3 heteroatoms. The van der Waals surface area contributed by atoms with Crippen LogP contribution < -0.4 is 0 Å². The first-order valence-corrected chi connectivity index (χ1v) is 6.66. The fourth-order valence-corrected chi connectivity index (χ4v) is 2.64. The first-order valence-electron chi connectivity index (χ1n) is 4.98. The minimum Gasteiger partial charge on any atom is -0.294 e. The van der Waals surface area contributed by atoms with E-state index in [4.69, 9.17) is 0 Å². The van der Waals surface area contributed by atoms with E-state index in [0.717, 1.165) is 15.6 Å². The average Bonchev–Trinajstić information content (AvgIpc) is 2.68. The highest BCUT2D eigenvalue weighted by Crippen LogP contribution is 2.20. The molecule has 0 N–H and O–H groups in total. The summed E-state index contributed by atoms with van der Waals surface area (Å²) in [5.74, 6) is 0.177. The van der Waals surface area contributed by atoms with E-state index < -0.39 is 0 Å². The zero-order chi connectivity index (χ0) is 11.5. The molecule has 1 heterocycles. The maximum atomic E-state index is 12.0. The fourth-order valence-electron chi connectivity index (χ4n) is 1.51. The number of carbonyl (C=O) groups excluding carboxylic acids is 1. The van der Waals surface area contributed by atoms with Gasteiger partial charge in [-0.2, -0.15) is 0 Å². The largest absolute Gasteiger partial charge is 0.294 e. The maximum absolute atomic E-state index is 12.0. The summed E-state index contributed by atoms with van der Waals surface area (Å²) in [5, 5.41) is 1.93. The average molecular weight is 295 g/mol. The van der Waals surface area contributed by atoms with E-state index >= 15 is 0 Å². The quantitative estimate of drug-likeness (QED) is 0.774. The van der Waals surface area contributed by atoms with Gasteiger partial charge in [-0.1, -0.05) is 34.1 Å². The van der Waals surface area contributed by atoms with Gasteiger partial charge in [0.05, 0.1) is 0 Å². The van der Waals surface area contributed by atoms with Gasteiger partial charge in [-0.15, -0.1) is 11.3 Å². The lowest BCUT2D eigenvalue weighted by Crippen LogP contribution is -2.02. The molecule has 1 nitrogen and oxygen atoms in total. The molecule has 0 aliphatic rings. The summed E-state index contributed by atoms with van der Waals surface area (Å²) in [5.41, 5.74) is 1.86. The molecule has 0 aliphatic carbocycles. The number of benzene rings is 1. The van der Waals surface area contributed by atoms with Gasteiger partial charge in [0.25, 0.3) is 0 Å². The summed E-state index contributed by atoms with van der Waals surface area (Å²) in [6.45, 7) is 2.01. The molecule has 0 amide bonds. The van der Waals surface area contributed by atoms with Gasteiger partial charge in [0.1, 0.15) is 0 Å². The number of rotatable bonds is 3. The van der Waals surface area contributed by atoms with Crippen LogP contribution in [0.3, 0.4) is 0 Å². The van der Waals surface area contributed by atoms with Crippen LogP contribution in [0.1, 0.15) is 20.8 Å². The Bertz CT molecular complexity index is 516. The number of thiophene rings is 1. The van der Waals surface area contributed by atoms with Gasteiger partial charge < -0.3 is 0 Å². The van der Waals surface area contributed by atoms with Gasteiger partial charge in [0, 0.05) is 26.7 Å². The summed E-state index contributed by atoms with van der Waals surface area (Å²) < 4.78 is 0.996. The molecular weight excluding hydrogens is 284 g/mol. The van der Waals surface area contributed by atoms with Crippen LogP contribution in [0, 0.1) is 6.92 Å². The van der Waals surface area contributed by atoms with Gasteiger partial charge in [-0.05, 0) is 24.6 Å². The van der Waals surface area contributed by atoms with E-state index in [-0.39, 0.29) is 5.78 Å². The molecule has 0 unspecified atom stereocenters. The molecule has 0 saturated heterocycles. The Morgan fingerprint density at radius 1 is 1.38 bits per heavy atom. The Morgan fingerprint density at radius 2 is 2.12 bits per heavy atom. The highest BCUT2D eigenvalue weighted by molar-refractivity contribution is 9.10. The minimum atomic E-state index is 0.177. The Labute approximate surface area is 107 Å². The van der Waals surface area contributed by atoms with Crippen LogP contribution in [0.5, 0.6) is 0 Å². The lowest BCUT2D eigenvalue weighted by molar-refractivity contribution is 0.0993. The molecule has 2 rings (SSSR count). The second kappa shape index (κ2) is 4.93. The Morgan fingerprint density at radius 3 is 2.75 bits per heavy atom. The molecular formula is C13H11BrOS. The van der Waals surface area contributed by atoms with Gasteiger partial charge in [-0.25, -0.2) is 0 Å². The van der Waals surface area contributed by atoms with E-state index in [1.807, 2.05) is 42.6 Å². The summed E-state index contributed by atoms with van der Waals surface area (Å²) in [7, 11) is 0. The molecule has 82 valence electrons. The predicted octanol–water partition coefficient (Wildman–Crippen LogP) is 4.24. The van der Waals surface area contributed by atoms with E-state index in [2.05, 4.69) is 15.9 Å². The van der Waals surface area contributed by atoms with Crippen molar-refractivity contribution in [2.45, 2.75) is 13.3 Å². The zero-order valence-corrected chi connectivity index (χ0v) is 11.3. The van der Waals surface area contributed by atoms with Crippen LogP contribution in [0.2, 0.25) is 0 Å². The summed E-state index contributed by atoms with van der Waals surface area (Å²) in [6.07, 6.45) is 0.456. The number of hydrogen-bond donors (Lipinski definition) is 0. The number of carbonyl (C=O) groups is 1. The second-order valence-corrected chi connectivity index (χ2v) is 5.61. The van der Waals surface area contributed by atoms with Crippen molar-refractivity contribution in [3.05, 3.63) is 56.2 Å². The molecule has 0 aliphatic heterocycles. The van der Waals surface area contributed by atoms with Gasteiger partial charge in [0.2, 0.25) is 0 Å². The Hall–Kier alpha value is -0.930. The molecule has 0 saturated carbocycles. The number of halogens is 1. The second-order valence-electron chi connectivity index (χ2n) is 3.64. The third-order valence-electron chi connectivity index (χ3n) is 2.36. The topological polar surface area (TPSA) is 17.1 Å². The van der Waals surface area contributed by atoms with Crippen molar-refractivity contribution in [1.29, 1.82) is 0 Å². The van der Waals surface area contributed by atoms with Crippen LogP contribution in [0.25, 0.3) is 0 Å². The molecule has 0 atom stereocenters. The van der Waals surface area contributed by atoms with E-state index in [0.29, 0.717) is 6.42 Å². The smallest absolute Gasteiger partial charge is 0.168 e. The van der Waals surface area contributed by atoms with Crippen molar-refractivity contribution < 1.29 is 4.79 Å². The summed E-state index contributed by atoms with van der Waals surface area (Å²) >= 11 is 5.07. The number of ketones is 1. The molecule has 0 fully saturated rings. The predicted molar refractivity (Wildman–Crippen MR) is 71.2 cm³/mol. The Balaban J connectivity index is 2.17. The number of hydrogen-bond acceptors (Lipinski definition) is 2. The van der Waals surface area contributed by atoms with Crippen molar-refractivity contribution in [3.63, 3.8) is 0 Å². The highest BCUT2D eigenvalue weighted by atomic mass is 79.9. The molecule has 0 bridgehead atoms. The molecule has 16 heavy (non-hydrogen) atoms. The molecule has 2 aromatic rings. The monoisotopic (exact) mass is 294 g/mol. The molecule has 1 aromatic heterocycles. The maximum Gasteiger partial charge on any atom is 0.168 e. The van der Waals surface area contributed by atoms with Crippen LogP contribution in [-0.2, 0) is 6.42 Å². The summed E-state index contributed by atoms with van der Waals surface area (Å²) in [6, 6.07) is 9.78. The lowest BCUT2D eigenvalue weighted by atomic mass is 10.1. The third kappa shape index (κ3) is 2.60. The SMILES string of the molecule is Cc1cc(C(=O)Cc2ccccc2Br)cs1. The van der Waals surface area contributed by atoms with Crippen LogP contribution in [0.4, 0.5) is 0 Å². The molecule has 0 spiro atoms. The van der Waals surface area contributed by atoms with E-state index in [1.165, 1.54) is 4.88 Å². The van der Waals surface area contributed by atoms with Crippen LogP contribution in [0.15, 0.2) is 40.2 Å². The highest BCUT2D eigenvalue weighted by Gasteiger charge is 2.10. The van der Waals surface area contributed by atoms with Crippen molar-refractivity contribution in [3.8, 4) is 0 Å². The first kappa shape index (κ1) is 11.6. The molecule has 0 radical (unpaired) electrons. The third-order valence-corrected chi connectivity index (χ3v) is 4.00. The van der Waals surface area contributed by atoms with Crippen LogP contribution >= 0.6 is 27.3 Å². The Kier molecular flexibility index (Phi) is 3.56. The van der Waals surface area contributed by atoms with Gasteiger partial charge in [-0.3, -0.25) is 4.79 Å². The van der Waals surface area contributed by atoms with Gasteiger partial charge in [0.15, 0.2) is 5.78 Å². The van der Waals surface area contributed by atoms with E-state index in [9.17, 15) is 4.79 Å². The normalized spacial score (nSPS) is 10.4. The van der Waals surface area contributed by atoms with E-state index in [1.54, 1.807) is 11.3 Å². The minimum absolute atomic E-state index is 0.177. The van der Waals surface area contributed by atoms with Crippen molar-refractivity contribution in [2.75, 3.05) is 0 Å². The number of Topliss-reactive ketones (excluding diaryl/α,β-unsaturated/α-hetero) is 1. The lowest BCUT2D eigenvalue weighted by Gasteiger charge is -2.01. The standard InChI is InChI=1S/C13H11BrOS/c1-9-6-11(8-16-9)13(15)7-10-4-2-3-5-12(10)14/h2-6,8H,7H2,1H3. The summed E-state index contributed by atoms with van der Waals surface area (Å²) in [4.78, 5) is 13.1. The molecule has 1 aromatic carbocycles. The van der Waals surface area contributed by atoms with Crippen molar-refractivity contribution >= 4 is 33.0 Å². The zero-order valence-electron chi connectivity index (χ0n) is 8.87. The van der Waals surface area contributed by atoms with Crippen molar-refractivity contribution in [2.24, 2.45) is 0 Å².